The number of aryl methyl sites for hydroxylation is 1. The fourth-order valence-corrected chi connectivity index (χ4v) is 2.55. The lowest BCUT2D eigenvalue weighted by molar-refractivity contribution is 0.122. The first kappa shape index (κ1) is 11.7. The Hall–Kier alpha value is -1.36. The predicted molar refractivity (Wildman–Crippen MR) is 71.2 cm³/mol. The molecule has 2 aliphatic heterocycles. The van der Waals surface area contributed by atoms with Crippen LogP contribution in [0.3, 0.4) is 0 Å². The van der Waals surface area contributed by atoms with Gasteiger partial charge in [-0.15, -0.1) is 0 Å². The first-order valence-electron chi connectivity index (χ1n) is 6.76. The highest BCUT2D eigenvalue weighted by molar-refractivity contribution is 5.46. The van der Waals surface area contributed by atoms with E-state index in [0.29, 0.717) is 0 Å². The van der Waals surface area contributed by atoms with Gasteiger partial charge in [0.05, 0.1) is 13.2 Å². The van der Waals surface area contributed by atoms with Crippen molar-refractivity contribution in [3.63, 3.8) is 0 Å². The van der Waals surface area contributed by atoms with E-state index in [4.69, 9.17) is 9.72 Å². The Morgan fingerprint density at radius 3 is 2.44 bits per heavy atom. The van der Waals surface area contributed by atoms with E-state index in [1.807, 2.05) is 6.92 Å². The largest absolute Gasteiger partial charge is 0.378 e. The first-order valence-corrected chi connectivity index (χ1v) is 6.76. The van der Waals surface area contributed by atoms with E-state index in [-0.39, 0.29) is 0 Å². The number of rotatable bonds is 2. The van der Waals surface area contributed by atoms with Crippen molar-refractivity contribution in [1.82, 2.24) is 9.97 Å². The number of morpholine rings is 1. The molecule has 2 fully saturated rings. The third kappa shape index (κ3) is 2.41. The Balaban J connectivity index is 1.84. The summed E-state index contributed by atoms with van der Waals surface area (Å²) in [4.78, 5) is 13.9. The first-order chi connectivity index (χ1) is 8.83. The van der Waals surface area contributed by atoms with E-state index in [1.54, 1.807) is 0 Å². The monoisotopic (exact) mass is 248 g/mol. The van der Waals surface area contributed by atoms with Crippen LogP contribution < -0.4 is 9.80 Å². The zero-order valence-corrected chi connectivity index (χ0v) is 10.9. The fraction of sp³-hybridized carbons (Fsp3) is 0.692. The lowest BCUT2D eigenvalue weighted by atomic mass is 10.3. The van der Waals surface area contributed by atoms with Gasteiger partial charge in [0, 0.05) is 37.9 Å². The van der Waals surface area contributed by atoms with Crippen molar-refractivity contribution >= 4 is 11.8 Å². The highest BCUT2D eigenvalue weighted by Gasteiger charge is 2.18. The second kappa shape index (κ2) is 5.10. The van der Waals surface area contributed by atoms with Gasteiger partial charge in [-0.1, -0.05) is 0 Å². The molecule has 1 aromatic heterocycles. The summed E-state index contributed by atoms with van der Waals surface area (Å²) in [5.74, 6) is 1.95. The van der Waals surface area contributed by atoms with Crippen LogP contribution in [-0.4, -0.2) is 49.4 Å². The molecular weight excluding hydrogens is 228 g/mol. The van der Waals surface area contributed by atoms with Crippen LogP contribution in [0.25, 0.3) is 0 Å². The Kier molecular flexibility index (Phi) is 3.32. The average molecular weight is 248 g/mol. The fourth-order valence-electron chi connectivity index (χ4n) is 2.55. The lowest BCUT2D eigenvalue weighted by Crippen LogP contribution is -2.37. The molecule has 5 heteroatoms. The molecule has 18 heavy (non-hydrogen) atoms. The van der Waals surface area contributed by atoms with Crippen molar-refractivity contribution in [3.05, 3.63) is 11.8 Å². The summed E-state index contributed by atoms with van der Waals surface area (Å²) in [6.45, 7) is 7.67. The van der Waals surface area contributed by atoms with Gasteiger partial charge in [0.25, 0.3) is 0 Å². The Bertz CT molecular complexity index is 411. The number of aromatic nitrogens is 2. The van der Waals surface area contributed by atoms with Crippen LogP contribution in [0.15, 0.2) is 6.07 Å². The zero-order valence-electron chi connectivity index (χ0n) is 10.9. The van der Waals surface area contributed by atoms with Gasteiger partial charge in [0.2, 0.25) is 5.95 Å². The third-order valence-electron chi connectivity index (χ3n) is 3.55. The normalized spacial score (nSPS) is 20.5. The quantitative estimate of drug-likeness (QED) is 0.787. The SMILES string of the molecule is Cc1cc(N2CCOCC2)nc(N2CCCC2)n1. The minimum absolute atomic E-state index is 0.794. The van der Waals surface area contributed by atoms with Gasteiger partial charge in [-0.25, -0.2) is 4.98 Å². The van der Waals surface area contributed by atoms with E-state index >= 15 is 0 Å². The Morgan fingerprint density at radius 2 is 1.72 bits per heavy atom. The van der Waals surface area contributed by atoms with E-state index in [9.17, 15) is 0 Å². The second-order valence-electron chi connectivity index (χ2n) is 4.96. The Labute approximate surface area is 108 Å². The number of anilines is 2. The van der Waals surface area contributed by atoms with Crippen molar-refractivity contribution in [3.8, 4) is 0 Å². The molecule has 3 rings (SSSR count). The summed E-state index contributed by atoms with van der Waals surface area (Å²) >= 11 is 0. The van der Waals surface area contributed by atoms with E-state index in [1.165, 1.54) is 12.8 Å². The Morgan fingerprint density at radius 1 is 1.00 bits per heavy atom. The smallest absolute Gasteiger partial charge is 0.227 e. The molecule has 0 spiro atoms. The van der Waals surface area contributed by atoms with Gasteiger partial charge in [-0.2, -0.15) is 4.98 Å². The van der Waals surface area contributed by atoms with E-state index in [0.717, 1.165) is 56.9 Å². The topological polar surface area (TPSA) is 41.5 Å². The molecule has 1 aromatic rings. The molecule has 0 radical (unpaired) electrons. The lowest BCUT2D eigenvalue weighted by Gasteiger charge is -2.28. The molecule has 0 bridgehead atoms. The van der Waals surface area contributed by atoms with Crippen LogP contribution in [0, 0.1) is 6.92 Å². The molecule has 0 atom stereocenters. The van der Waals surface area contributed by atoms with Crippen LogP contribution in [0.5, 0.6) is 0 Å². The van der Waals surface area contributed by atoms with Gasteiger partial charge in [-0.05, 0) is 19.8 Å². The van der Waals surface area contributed by atoms with E-state index in [2.05, 4.69) is 20.9 Å². The molecule has 0 unspecified atom stereocenters. The standard InChI is InChI=1S/C13H20N4O/c1-11-10-12(16-6-8-18-9-7-16)15-13(14-11)17-4-2-3-5-17/h10H,2-9H2,1H3. The number of ether oxygens (including phenoxy) is 1. The molecule has 2 saturated heterocycles. The van der Waals surface area contributed by atoms with Gasteiger partial charge < -0.3 is 14.5 Å². The van der Waals surface area contributed by atoms with Crippen molar-refractivity contribution < 1.29 is 4.74 Å². The maximum Gasteiger partial charge on any atom is 0.227 e. The number of nitrogens with zero attached hydrogens (tertiary/aromatic N) is 4. The van der Waals surface area contributed by atoms with Crippen LogP contribution in [-0.2, 0) is 4.74 Å². The maximum atomic E-state index is 5.39. The summed E-state index contributed by atoms with van der Waals surface area (Å²) in [6, 6.07) is 2.07. The van der Waals surface area contributed by atoms with Crippen LogP contribution in [0.1, 0.15) is 18.5 Å². The zero-order chi connectivity index (χ0) is 12.4. The van der Waals surface area contributed by atoms with Crippen molar-refractivity contribution in [1.29, 1.82) is 0 Å². The minimum atomic E-state index is 0.794. The minimum Gasteiger partial charge on any atom is -0.378 e. The van der Waals surface area contributed by atoms with E-state index < -0.39 is 0 Å². The molecule has 0 amide bonds. The molecule has 2 aliphatic rings. The molecule has 0 saturated carbocycles. The molecule has 98 valence electrons. The summed E-state index contributed by atoms with van der Waals surface area (Å²) in [7, 11) is 0. The molecule has 0 N–H and O–H groups in total. The van der Waals surface area contributed by atoms with Crippen molar-refractivity contribution in [2.75, 3.05) is 49.2 Å². The van der Waals surface area contributed by atoms with Gasteiger partial charge >= 0.3 is 0 Å². The molecule has 3 heterocycles. The highest BCUT2D eigenvalue weighted by atomic mass is 16.5. The van der Waals surface area contributed by atoms with Crippen LogP contribution in [0.2, 0.25) is 0 Å². The molecule has 0 aromatic carbocycles. The highest BCUT2D eigenvalue weighted by Crippen LogP contribution is 2.21. The van der Waals surface area contributed by atoms with Gasteiger partial charge in [0.1, 0.15) is 5.82 Å². The van der Waals surface area contributed by atoms with Crippen molar-refractivity contribution in [2.24, 2.45) is 0 Å². The summed E-state index contributed by atoms with van der Waals surface area (Å²) in [6.07, 6.45) is 2.51. The number of hydrogen-bond acceptors (Lipinski definition) is 5. The third-order valence-corrected chi connectivity index (χ3v) is 3.55. The number of hydrogen-bond donors (Lipinski definition) is 0. The summed E-state index contributed by atoms with van der Waals surface area (Å²) in [5.41, 5.74) is 1.05. The molecule has 0 aliphatic carbocycles. The van der Waals surface area contributed by atoms with Crippen LogP contribution >= 0.6 is 0 Å². The summed E-state index contributed by atoms with van der Waals surface area (Å²) < 4.78 is 5.39. The molecule has 5 nitrogen and oxygen atoms in total. The van der Waals surface area contributed by atoms with Gasteiger partial charge in [-0.3, -0.25) is 0 Å². The van der Waals surface area contributed by atoms with Gasteiger partial charge in [0.15, 0.2) is 0 Å². The predicted octanol–water partition coefficient (Wildman–Crippen LogP) is 1.22. The second-order valence-corrected chi connectivity index (χ2v) is 4.96. The van der Waals surface area contributed by atoms with Crippen LogP contribution in [0.4, 0.5) is 11.8 Å². The van der Waals surface area contributed by atoms with Crippen molar-refractivity contribution in [2.45, 2.75) is 19.8 Å². The molecular formula is C13H20N4O. The maximum absolute atomic E-state index is 5.39. The average Bonchev–Trinajstić information content (AvgIpc) is 2.93. The summed E-state index contributed by atoms with van der Waals surface area (Å²) in [5, 5.41) is 0.